The molecule has 8 heteroatoms. The van der Waals surface area contributed by atoms with Crippen LogP contribution in [0.25, 0.3) is 0 Å². The Morgan fingerprint density at radius 3 is 2.84 bits per heavy atom. The Kier molecular flexibility index (Phi) is 3.26. The van der Waals surface area contributed by atoms with E-state index >= 15 is 0 Å². The van der Waals surface area contributed by atoms with Crippen LogP contribution in [0.2, 0.25) is 5.28 Å². The number of rotatable bonds is 1. The monoisotopic (exact) mass is 303 g/mol. The highest BCUT2D eigenvalue weighted by Crippen LogP contribution is 2.32. The van der Waals surface area contributed by atoms with E-state index in [0.29, 0.717) is 31.0 Å². The second kappa shape index (κ2) is 4.79. The minimum atomic E-state index is -2.84. The Bertz CT molecular complexity index is 579. The van der Waals surface area contributed by atoms with Crippen molar-refractivity contribution in [3.05, 3.63) is 11.5 Å². The summed E-state index contributed by atoms with van der Waals surface area (Å²) in [6, 6.07) is 0.0777. The summed E-state index contributed by atoms with van der Waals surface area (Å²) in [6.45, 7) is 0.503. The first-order chi connectivity index (χ1) is 9.03. The van der Waals surface area contributed by atoms with Gasteiger partial charge in [-0.25, -0.2) is 13.4 Å². The highest BCUT2D eigenvalue weighted by Gasteiger charge is 2.32. The second-order valence-electron chi connectivity index (χ2n) is 4.90. The Balaban J connectivity index is 1.72. The predicted octanol–water partition coefficient (Wildman–Crippen LogP) is 1.13. The van der Waals surface area contributed by atoms with Crippen molar-refractivity contribution >= 4 is 27.3 Å². The zero-order valence-electron chi connectivity index (χ0n) is 10.2. The maximum atomic E-state index is 11.4. The van der Waals surface area contributed by atoms with E-state index < -0.39 is 9.84 Å². The summed E-state index contributed by atoms with van der Waals surface area (Å²) in [4.78, 5) is 7.95. The summed E-state index contributed by atoms with van der Waals surface area (Å²) in [5.74, 6) is 1.97. The molecular formula is C11H14ClN3O3S. The number of anilines is 1. The average molecular weight is 304 g/mol. The zero-order chi connectivity index (χ0) is 13.5. The summed E-state index contributed by atoms with van der Waals surface area (Å²) in [5.41, 5.74) is 0. The lowest BCUT2D eigenvalue weighted by molar-refractivity contribution is 0.234. The minimum absolute atomic E-state index is 0.0777. The Labute approximate surface area is 116 Å². The van der Waals surface area contributed by atoms with Crippen LogP contribution in [0.15, 0.2) is 6.20 Å². The number of halogens is 1. The zero-order valence-corrected chi connectivity index (χ0v) is 11.7. The number of hydrogen-bond acceptors (Lipinski definition) is 6. The van der Waals surface area contributed by atoms with E-state index in [1.165, 1.54) is 0 Å². The van der Waals surface area contributed by atoms with Gasteiger partial charge in [0, 0.05) is 0 Å². The van der Waals surface area contributed by atoms with Crippen molar-refractivity contribution in [1.82, 2.24) is 9.97 Å². The molecule has 0 aliphatic carbocycles. The number of ether oxygens (including phenoxy) is 1. The number of aromatic nitrogens is 2. The fourth-order valence-electron chi connectivity index (χ4n) is 2.52. The van der Waals surface area contributed by atoms with Crippen molar-refractivity contribution in [2.24, 2.45) is 5.92 Å². The summed E-state index contributed by atoms with van der Waals surface area (Å²) >= 11 is 5.75. The lowest BCUT2D eigenvalue weighted by atomic mass is 9.93. The molecule has 104 valence electrons. The summed E-state index contributed by atoms with van der Waals surface area (Å²) in [5, 5.41) is 3.45. The smallest absolute Gasteiger partial charge is 0.224 e. The van der Waals surface area contributed by atoms with Crippen LogP contribution in [0.3, 0.4) is 0 Å². The van der Waals surface area contributed by atoms with Crippen LogP contribution >= 0.6 is 11.6 Å². The maximum absolute atomic E-state index is 11.4. The largest absolute Gasteiger partial charge is 0.486 e. The summed E-state index contributed by atoms with van der Waals surface area (Å²) in [6.07, 6.45) is 2.87. The molecule has 6 nitrogen and oxygen atoms in total. The fourth-order valence-corrected chi connectivity index (χ4v) is 4.18. The highest BCUT2D eigenvalue weighted by molar-refractivity contribution is 7.91. The Morgan fingerprint density at radius 2 is 2.11 bits per heavy atom. The number of nitrogens with one attached hydrogen (secondary N) is 1. The molecule has 0 bridgehead atoms. The SMILES string of the molecule is O=S1(=O)CCC(C2COc3cnc(Cl)nc3N2)CC1. The minimum Gasteiger partial charge on any atom is -0.486 e. The van der Waals surface area contributed by atoms with E-state index in [0.717, 1.165) is 0 Å². The van der Waals surface area contributed by atoms with Gasteiger partial charge in [0.25, 0.3) is 0 Å². The Hall–Kier alpha value is -1.08. The molecule has 0 saturated carbocycles. The highest BCUT2D eigenvalue weighted by atomic mass is 35.5. The van der Waals surface area contributed by atoms with Gasteiger partial charge in [0.05, 0.1) is 23.7 Å². The van der Waals surface area contributed by atoms with E-state index in [2.05, 4.69) is 15.3 Å². The molecule has 1 atom stereocenters. The first-order valence-corrected chi connectivity index (χ1v) is 8.36. The maximum Gasteiger partial charge on any atom is 0.224 e. The van der Waals surface area contributed by atoms with Gasteiger partial charge in [-0.3, -0.25) is 0 Å². The number of hydrogen-bond donors (Lipinski definition) is 1. The van der Waals surface area contributed by atoms with Crippen molar-refractivity contribution in [2.45, 2.75) is 18.9 Å². The molecule has 2 aliphatic rings. The lowest BCUT2D eigenvalue weighted by Gasteiger charge is -2.34. The van der Waals surface area contributed by atoms with Crippen LogP contribution in [-0.2, 0) is 9.84 Å². The lowest BCUT2D eigenvalue weighted by Crippen LogP contribution is -2.42. The van der Waals surface area contributed by atoms with Crippen LogP contribution in [-0.4, -0.2) is 42.5 Å². The molecule has 1 aromatic heterocycles. The van der Waals surface area contributed by atoms with Crippen LogP contribution < -0.4 is 10.1 Å². The van der Waals surface area contributed by atoms with Crippen LogP contribution in [0.4, 0.5) is 5.82 Å². The molecule has 3 heterocycles. The normalized spacial score (nSPS) is 26.1. The third-order valence-electron chi connectivity index (χ3n) is 3.63. The Morgan fingerprint density at radius 1 is 1.37 bits per heavy atom. The summed E-state index contributed by atoms with van der Waals surface area (Å²) in [7, 11) is -2.84. The van der Waals surface area contributed by atoms with Gasteiger partial charge in [0.15, 0.2) is 11.6 Å². The standard InChI is InChI=1S/C11H14ClN3O3S/c12-11-13-5-9-10(15-11)14-8(6-18-9)7-1-3-19(16,17)4-2-7/h5,7-8H,1-4,6H2,(H,13,14,15). The molecule has 1 saturated heterocycles. The first kappa shape index (κ1) is 12.9. The molecule has 0 spiro atoms. The summed E-state index contributed by atoms with van der Waals surface area (Å²) < 4.78 is 28.5. The quantitative estimate of drug-likeness (QED) is 0.783. The van der Waals surface area contributed by atoms with Crippen molar-refractivity contribution < 1.29 is 13.2 Å². The van der Waals surface area contributed by atoms with Crippen LogP contribution in [0.1, 0.15) is 12.8 Å². The third-order valence-corrected chi connectivity index (χ3v) is 5.53. The fraction of sp³-hybridized carbons (Fsp3) is 0.636. The van der Waals surface area contributed by atoms with Gasteiger partial charge in [-0.05, 0) is 30.4 Å². The van der Waals surface area contributed by atoms with Gasteiger partial charge in [-0.2, -0.15) is 4.98 Å². The molecule has 2 aliphatic heterocycles. The van der Waals surface area contributed by atoms with Gasteiger partial charge in [0.1, 0.15) is 16.4 Å². The van der Waals surface area contributed by atoms with E-state index in [-0.39, 0.29) is 28.7 Å². The van der Waals surface area contributed by atoms with Crippen LogP contribution in [0.5, 0.6) is 5.75 Å². The van der Waals surface area contributed by atoms with Crippen molar-refractivity contribution in [1.29, 1.82) is 0 Å². The van der Waals surface area contributed by atoms with E-state index in [1.54, 1.807) is 6.20 Å². The molecule has 1 N–H and O–H groups in total. The predicted molar refractivity (Wildman–Crippen MR) is 71.3 cm³/mol. The second-order valence-corrected chi connectivity index (χ2v) is 7.54. The first-order valence-electron chi connectivity index (χ1n) is 6.16. The van der Waals surface area contributed by atoms with Gasteiger partial charge in [0.2, 0.25) is 5.28 Å². The van der Waals surface area contributed by atoms with Gasteiger partial charge in [-0.1, -0.05) is 0 Å². The molecule has 0 amide bonds. The van der Waals surface area contributed by atoms with Crippen molar-refractivity contribution in [3.8, 4) is 5.75 Å². The molecule has 3 rings (SSSR count). The molecule has 0 radical (unpaired) electrons. The molecule has 1 aromatic rings. The molecular weight excluding hydrogens is 290 g/mol. The molecule has 19 heavy (non-hydrogen) atoms. The third kappa shape index (κ3) is 2.76. The van der Waals surface area contributed by atoms with Gasteiger partial charge >= 0.3 is 0 Å². The molecule has 1 unspecified atom stereocenters. The molecule has 1 fully saturated rings. The van der Waals surface area contributed by atoms with E-state index in [4.69, 9.17) is 16.3 Å². The van der Waals surface area contributed by atoms with Crippen molar-refractivity contribution in [2.75, 3.05) is 23.4 Å². The number of fused-ring (bicyclic) bond motifs is 1. The van der Waals surface area contributed by atoms with Gasteiger partial charge < -0.3 is 10.1 Å². The number of sulfone groups is 1. The molecule has 0 aromatic carbocycles. The topological polar surface area (TPSA) is 81.2 Å². The van der Waals surface area contributed by atoms with Crippen LogP contribution in [0, 0.1) is 5.92 Å². The number of nitrogens with zero attached hydrogens (tertiary/aromatic N) is 2. The van der Waals surface area contributed by atoms with E-state index in [1.807, 2.05) is 0 Å². The van der Waals surface area contributed by atoms with E-state index in [9.17, 15) is 8.42 Å². The average Bonchev–Trinajstić information content (AvgIpc) is 2.38. The van der Waals surface area contributed by atoms with Crippen molar-refractivity contribution in [3.63, 3.8) is 0 Å². The van der Waals surface area contributed by atoms with Gasteiger partial charge in [-0.15, -0.1) is 0 Å².